The third-order valence-electron chi connectivity index (χ3n) is 9.02. The van der Waals surface area contributed by atoms with E-state index in [9.17, 15) is 16.8 Å². The Morgan fingerprint density at radius 1 is 0.524 bits per heavy atom. The second kappa shape index (κ2) is 19.0. The normalized spacial score (nSPS) is 11.4. The van der Waals surface area contributed by atoms with Gasteiger partial charge in [-0.2, -0.15) is 9.59 Å². The highest BCUT2D eigenvalue weighted by Crippen LogP contribution is 2.34. The smallest absolute Gasteiger partial charge is 0.242 e. The maximum atomic E-state index is 12.6. The molecule has 0 amide bonds. The highest BCUT2D eigenvalue weighted by molar-refractivity contribution is 7.89. The lowest BCUT2D eigenvalue weighted by atomic mass is 10.1. The van der Waals surface area contributed by atoms with Gasteiger partial charge in [0.2, 0.25) is 31.7 Å². The minimum absolute atomic E-state index is 0.101. The summed E-state index contributed by atoms with van der Waals surface area (Å²) in [5, 5.41) is 30.9. The van der Waals surface area contributed by atoms with Crippen molar-refractivity contribution in [2.45, 2.75) is 9.79 Å². The lowest BCUT2D eigenvalue weighted by Crippen LogP contribution is -2.22. The summed E-state index contributed by atoms with van der Waals surface area (Å²) < 4.78 is 65.1. The molecule has 0 atom stereocenters. The van der Waals surface area contributed by atoms with E-state index in [1.165, 1.54) is 42.9 Å². The average molecular weight is 887 g/mol. The molecule has 0 bridgehead atoms. The number of sulfonamides is 2. The van der Waals surface area contributed by atoms with E-state index in [4.69, 9.17) is 9.47 Å². The molecule has 8 rings (SSSR count). The first kappa shape index (κ1) is 43.6. The Kier molecular flexibility index (Phi) is 13.2. The number of hydrogen-bond donors (Lipinski definition) is 3. The fraction of sp³-hybridized carbons (Fsp3) is 0.116. The summed E-state index contributed by atoms with van der Waals surface area (Å²) in [4.78, 5) is 2.87. The molecule has 0 saturated heterocycles. The number of rotatable bonds is 14. The number of ether oxygens (including phenoxy) is 2. The van der Waals surface area contributed by atoms with Crippen LogP contribution < -0.4 is 24.8 Å². The van der Waals surface area contributed by atoms with Crippen molar-refractivity contribution in [2.75, 3.05) is 31.8 Å². The number of tetrazole rings is 2. The van der Waals surface area contributed by atoms with Crippen LogP contribution in [0.5, 0.6) is 23.0 Å². The van der Waals surface area contributed by atoms with E-state index >= 15 is 0 Å². The van der Waals surface area contributed by atoms with Gasteiger partial charge in [-0.1, -0.05) is 48.5 Å². The van der Waals surface area contributed by atoms with Crippen molar-refractivity contribution in [1.82, 2.24) is 49.4 Å². The molecular formula is C43H42N12O6S2. The van der Waals surface area contributed by atoms with Gasteiger partial charge in [-0.15, -0.1) is 20.4 Å². The molecule has 18 nitrogen and oxygen atoms in total. The zero-order valence-corrected chi connectivity index (χ0v) is 36.3. The number of nitrogens with zero attached hydrogens (tertiary/aromatic N) is 9. The molecule has 0 radical (unpaired) electrons. The van der Waals surface area contributed by atoms with Crippen molar-refractivity contribution in [2.24, 2.45) is 14.1 Å². The first-order valence-electron chi connectivity index (χ1n) is 19.1. The molecular weight excluding hydrogens is 845 g/mol. The third kappa shape index (κ3) is 10.9. The molecule has 8 aromatic rings. The second-order valence-corrected chi connectivity index (χ2v) is 17.8. The van der Waals surface area contributed by atoms with Gasteiger partial charge >= 0.3 is 0 Å². The van der Waals surface area contributed by atoms with Crippen LogP contribution in [0.15, 0.2) is 155 Å². The van der Waals surface area contributed by atoms with Crippen LogP contribution in [0.2, 0.25) is 0 Å². The maximum absolute atomic E-state index is 12.6. The Bertz CT molecular complexity index is 3060. The van der Waals surface area contributed by atoms with Gasteiger partial charge in [0.25, 0.3) is 0 Å². The topological polar surface area (TPSA) is 213 Å². The number of nitrogens with one attached hydrogen (secondary N) is 3. The van der Waals surface area contributed by atoms with Crippen molar-refractivity contribution >= 4 is 42.8 Å². The molecule has 0 fully saturated rings. The quantitative estimate of drug-likeness (QED) is 0.101. The Hall–Kier alpha value is -7.52. The maximum Gasteiger partial charge on any atom is 0.242 e. The van der Waals surface area contributed by atoms with E-state index in [-0.39, 0.29) is 9.79 Å². The monoisotopic (exact) mass is 886 g/mol. The van der Waals surface area contributed by atoms with Gasteiger partial charge in [0.15, 0.2) is 0 Å². The van der Waals surface area contributed by atoms with Crippen LogP contribution >= 0.6 is 0 Å². The van der Waals surface area contributed by atoms with E-state index in [1.54, 1.807) is 38.4 Å². The number of para-hydroxylation sites is 2. The summed E-state index contributed by atoms with van der Waals surface area (Å²) in [5.41, 5.74) is 3.77. The van der Waals surface area contributed by atoms with E-state index < -0.39 is 20.0 Å². The molecule has 3 N–H and O–H groups in total. The van der Waals surface area contributed by atoms with Crippen LogP contribution in [0.25, 0.3) is 22.8 Å². The third-order valence-corrected chi connectivity index (χ3v) is 12.2. The lowest BCUT2D eigenvalue weighted by molar-refractivity contribution is 0.482. The number of aromatic nitrogens is 8. The summed E-state index contributed by atoms with van der Waals surface area (Å²) in [7, 11) is 0.359. The van der Waals surface area contributed by atoms with E-state index in [0.29, 0.717) is 45.6 Å². The SMILES string of the molecule is CN(C)S(=O)(=O)c1ccc(Nc2cccc(Oc3ccccc3)c2)c(-c2nnn(C)n2)c1.CNS(=O)(=O)c1ccc(Nc2cccc(Oc3ccccc3)c2)c(-c2nnn(C)n2)c1. The molecule has 0 aliphatic carbocycles. The van der Waals surface area contributed by atoms with Crippen LogP contribution in [0, 0.1) is 0 Å². The molecule has 20 heteroatoms. The van der Waals surface area contributed by atoms with Crippen LogP contribution in [0.3, 0.4) is 0 Å². The first-order chi connectivity index (χ1) is 30.3. The Morgan fingerprint density at radius 2 is 0.952 bits per heavy atom. The summed E-state index contributed by atoms with van der Waals surface area (Å²) in [6, 6.07) is 43.3. The predicted octanol–water partition coefficient (Wildman–Crippen LogP) is 6.98. The summed E-state index contributed by atoms with van der Waals surface area (Å²) >= 11 is 0. The fourth-order valence-electron chi connectivity index (χ4n) is 5.91. The minimum atomic E-state index is -3.63. The van der Waals surface area contributed by atoms with Gasteiger partial charge in [-0.05, 0) is 102 Å². The van der Waals surface area contributed by atoms with E-state index in [2.05, 4.69) is 46.2 Å². The molecule has 0 aliphatic heterocycles. The minimum Gasteiger partial charge on any atom is -0.457 e. The zero-order chi connectivity index (χ0) is 44.6. The lowest BCUT2D eigenvalue weighted by Gasteiger charge is -2.15. The Morgan fingerprint density at radius 3 is 1.37 bits per heavy atom. The highest BCUT2D eigenvalue weighted by Gasteiger charge is 2.22. The molecule has 2 heterocycles. The van der Waals surface area contributed by atoms with Gasteiger partial charge in [-0.3, -0.25) is 0 Å². The summed E-state index contributed by atoms with van der Waals surface area (Å²) in [6.45, 7) is 0. The number of anilines is 4. The van der Waals surface area contributed by atoms with Gasteiger partial charge in [0, 0.05) is 60.1 Å². The molecule has 0 saturated carbocycles. The molecule has 0 unspecified atom stereocenters. The standard InChI is InChI=1S/C22H22N6O3S.C21H20N6O3S/c1-27(2)32(29,30)19-12-13-21(20(15-19)22-24-26-28(3)25-22)23-16-8-7-11-18(14-16)31-17-9-5-4-6-10-17;1-22-31(28,29)18-11-12-20(19(14-18)21-24-26-27(2)25-21)23-15-7-6-10-17(13-15)30-16-8-4-3-5-9-16/h4-15,23H,1-3H3;3-14,22-23H,1-2H3. The second-order valence-electron chi connectivity index (χ2n) is 13.8. The van der Waals surface area contributed by atoms with Crippen molar-refractivity contribution in [3.8, 4) is 45.8 Å². The van der Waals surface area contributed by atoms with Crippen molar-refractivity contribution in [1.29, 1.82) is 0 Å². The largest absolute Gasteiger partial charge is 0.457 e. The highest BCUT2D eigenvalue weighted by atomic mass is 32.2. The van der Waals surface area contributed by atoms with Crippen LogP contribution in [-0.2, 0) is 34.1 Å². The number of aryl methyl sites for hydroxylation is 2. The number of hydrogen-bond acceptors (Lipinski definition) is 14. The predicted molar refractivity (Wildman–Crippen MR) is 238 cm³/mol. The average Bonchev–Trinajstić information content (AvgIpc) is 3.92. The van der Waals surface area contributed by atoms with Crippen LogP contribution in [-0.4, -0.2) is 82.7 Å². The molecule has 6 aromatic carbocycles. The van der Waals surface area contributed by atoms with Gasteiger partial charge in [-0.25, -0.2) is 25.9 Å². The van der Waals surface area contributed by atoms with Gasteiger partial charge in [0.1, 0.15) is 23.0 Å². The van der Waals surface area contributed by atoms with Crippen molar-refractivity contribution in [3.63, 3.8) is 0 Å². The van der Waals surface area contributed by atoms with Gasteiger partial charge < -0.3 is 20.1 Å². The summed E-state index contributed by atoms with van der Waals surface area (Å²) in [6.07, 6.45) is 0. The molecule has 63 heavy (non-hydrogen) atoms. The van der Waals surface area contributed by atoms with Crippen LogP contribution in [0.1, 0.15) is 0 Å². The first-order valence-corrected chi connectivity index (χ1v) is 22.0. The Balaban J connectivity index is 0.000000189. The fourth-order valence-corrected chi connectivity index (χ4v) is 7.59. The van der Waals surface area contributed by atoms with Crippen LogP contribution in [0.4, 0.5) is 22.7 Å². The van der Waals surface area contributed by atoms with E-state index in [1.807, 2.05) is 109 Å². The molecule has 2 aromatic heterocycles. The van der Waals surface area contributed by atoms with E-state index in [0.717, 1.165) is 27.2 Å². The zero-order valence-electron chi connectivity index (χ0n) is 34.6. The Labute approximate surface area is 364 Å². The van der Waals surface area contributed by atoms with Crippen molar-refractivity contribution < 1.29 is 26.3 Å². The van der Waals surface area contributed by atoms with Crippen molar-refractivity contribution in [3.05, 3.63) is 146 Å². The summed E-state index contributed by atoms with van der Waals surface area (Å²) in [5.74, 6) is 3.38. The molecule has 0 spiro atoms. The number of benzene rings is 6. The molecule has 322 valence electrons. The van der Waals surface area contributed by atoms with Gasteiger partial charge in [0.05, 0.1) is 23.9 Å². The molecule has 0 aliphatic rings.